The highest BCUT2D eigenvalue weighted by molar-refractivity contribution is 7.92. The highest BCUT2D eigenvalue weighted by atomic mass is 32.2. The average molecular weight is 477 g/mol. The molecule has 1 aliphatic heterocycles. The summed E-state index contributed by atoms with van der Waals surface area (Å²) in [5.41, 5.74) is 0.781. The van der Waals surface area contributed by atoms with E-state index in [1.54, 1.807) is 36.4 Å². The number of halogens is 3. The van der Waals surface area contributed by atoms with Gasteiger partial charge in [0.05, 0.1) is 23.8 Å². The molecule has 4 rings (SSSR count). The fourth-order valence-electron chi connectivity index (χ4n) is 3.45. The van der Waals surface area contributed by atoms with Crippen molar-refractivity contribution in [2.24, 2.45) is 5.10 Å². The third-order valence-corrected chi connectivity index (χ3v) is 5.58. The third-order valence-electron chi connectivity index (χ3n) is 4.97. The lowest BCUT2D eigenvalue weighted by Crippen LogP contribution is -2.27. The maximum Gasteiger partial charge on any atom is 0.416 e. The summed E-state index contributed by atoms with van der Waals surface area (Å²) < 4.78 is 69.2. The number of furan rings is 1. The van der Waals surface area contributed by atoms with Gasteiger partial charge >= 0.3 is 6.18 Å². The molecule has 1 atom stereocenters. The minimum atomic E-state index is -4.50. The molecule has 1 aliphatic rings. The Labute approximate surface area is 187 Å². The molecule has 0 saturated heterocycles. The molecule has 2 heterocycles. The monoisotopic (exact) mass is 477 g/mol. The van der Waals surface area contributed by atoms with E-state index in [1.807, 2.05) is 0 Å². The number of sulfonamides is 1. The largest absolute Gasteiger partial charge is 0.467 e. The lowest BCUT2D eigenvalue weighted by atomic mass is 10.0. The van der Waals surface area contributed by atoms with Crippen LogP contribution in [0.25, 0.3) is 0 Å². The van der Waals surface area contributed by atoms with Crippen molar-refractivity contribution in [3.05, 3.63) is 89.4 Å². The van der Waals surface area contributed by atoms with E-state index >= 15 is 0 Å². The molecule has 2 aromatic carbocycles. The van der Waals surface area contributed by atoms with Crippen molar-refractivity contribution >= 4 is 27.3 Å². The summed E-state index contributed by atoms with van der Waals surface area (Å²) in [6.45, 7) is 0. The van der Waals surface area contributed by atoms with Gasteiger partial charge in [0.2, 0.25) is 10.0 Å². The first-order valence-electron chi connectivity index (χ1n) is 9.71. The normalized spacial score (nSPS) is 16.5. The van der Waals surface area contributed by atoms with Gasteiger partial charge in [0.15, 0.2) is 0 Å². The van der Waals surface area contributed by atoms with Crippen molar-refractivity contribution in [2.45, 2.75) is 18.6 Å². The Morgan fingerprint density at radius 1 is 1.09 bits per heavy atom. The van der Waals surface area contributed by atoms with Gasteiger partial charge in [-0.15, -0.1) is 0 Å². The standard InChI is InChI=1S/C22H18F3N3O4S/c1-33(30,31)27-17-10-6-14(7-11-17)18-13-19(20-3-2-12-32-20)28(26-18)21(29)15-4-8-16(9-5-15)22(23,24)25/h2-12,19,27H,13H2,1H3. The summed E-state index contributed by atoms with van der Waals surface area (Å²) in [4.78, 5) is 13.1. The number of hydrogen-bond acceptors (Lipinski definition) is 5. The van der Waals surface area contributed by atoms with Crippen LogP contribution in [0.3, 0.4) is 0 Å². The number of hydrogen-bond donors (Lipinski definition) is 1. The maximum absolute atomic E-state index is 13.1. The number of anilines is 1. The van der Waals surface area contributed by atoms with E-state index in [-0.39, 0.29) is 5.56 Å². The second kappa shape index (κ2) is 8.39. The van der Waals surface area contributed by atoms with Crippen LogP contribution in [0.15, 0.2) is 76.4 Å². The Kier molecular flexibility index (Phi) is 5.75. The number of amides is 1. The second-order valence-corrected chi connectivity index (χ2v) is 9.21. The minimum absolute atomic E-state index is 0.0530. The van der Waals surface area contributed by atoms with Crippen LogP contribution in [0.4, 0.5) is 18.9 Å². The second-order valence-electron chi connectivity index (χ2n) is 7.46. The van der Waals surface area contributed by atoms with Gasteiger partial charge in [0.25, 0.3) is 5.91 Å². The fourth-order valence-corrected chi connectivity index (χ4v) is 4.02. The van der Waals surface area contributed by atoms with Crippen LogP contribution in [0.2, 0.25) is 0 Å². The first-order valence-corrected chi connectivity index (χ1v) is 11.6. The van der Waals surface area contributed by atoms with Gasteiger partial charge in [0.1, 0.15) is 11.8 Å². The number of carbonyl (C=O) groups excluding carboxylic acids is 1. The number of alkyl halides is 3. The zero-order chi connectivity index (χ0) is 23.8. The van der Waals surface area contributed by atoms with E-state index in [9.17, 15) is 26.4 Å². The number of hydrazone groups is 1. The molecule has 0 spiro atoms. The number of benzene rings is 2. The number of carbonyl (C=O) groups is 1. The molecule has 1 amide bonds. The number of nitrogens with zero attached hydrogens (tertiary/aromatic N) is 2. The quantitative estimate of drug-likeness (QED) is 0.579. The van der Waals surface area contributed by atoms with E-state index in [1.165, 1.54) is 11.3 Å². The molecular formula is C22H18F3N3O4S. The van der Waals surface area contributed by atoms with Gasteiger partial charge in [-0.25, -0.2) is 13.4 Å². The van der Waals surface area contributed by atoms with Crippen LogP contribution >= 0.6 is 0 Å². The van der Waals surface area contributed by atoms with E-state index in [0.717, 1.165) is 30.5 Å². The molecule has 1 aromatic heterocycles. The van der Waals surface area contributed by atoms with Crippen LogP contribution in [0.5, 0.6) is 0 Å². The molecule has 3 aromatic rings. The summed E-state index contributed by atoms with van der Waals surface area (Å²) in [7, 11) is -3.43. The summed E-state index contributed by atoms with van der Waals surface area (Å²) >= 11 is 0. The van der Waals surface area contributed by atoms with Gasteiger partial charge < -0.3 is 4.42 Å². The zero-order valence-electron chi connectivity index (χ0n) is 17.2. The van der Waals surface area contributed by atoms with Gasteiger partial charge in [-0.1, -0.05) is 12.1 Å². The molecule has 33 heavy (non-hydrogen) atoms. The average Bonchev–Trinajstić information content (AvgIpc) is 3.42. The van der Waals surface area contributed by atoms with Gasteiger partial charge in [-0.2, -0.15) is 18.3 Å². The number of rotatable bonds is 5. The molecule has 0 radical (unpaired) electrons. The van der Waals surface area contributed by atoms with Gasteiger partial charge in [-0.3, -0.25) is 9.52 Å². The highest BCUT2D eigenvalue weighted by Crippen LogP contribution is 2.35. The van der Waals surface area contributed by atoms with E-state index in [4.69, 9.17) is 4.42 Å². The first kappa shape index (κ1) is 22.6. The molecule has 11 heteroatoms. The molecule has 7 nitrogen and oxygen atoms in total. The molecule has 0 saturated carbocycles. The van der Waals surface area contributed by atoms with Gasteiger partial charge in [0, 0.05) is 17.7 Å². The summed E-state index contributed by atoms with van der Waals surface area (Å²) in [6, 6.07) is 13.2. The van der Waals surface area contributed by atoms with Crippen LogP contribution in [-0.2, 0) is 16.2 Å². The summed E-state index contributed by atoms with van der Waals surface area (Å²) in [5.74, 6) is -0.0973. The molecule has 1 unspecified atom stereocenters. The molecule has 0 bridgehead atoms. The van der Waals surface area contributed by atoms with E-state index < -0.39 is 33.7 Å². The maximum atomic E-state index is 13.1. The molecule has 0 fully saturated rings. The Bertz CT molecular complexity index is 1280. The van der Waals surface area contributed by atoms with Crippen molar-refractivity contribution in [1.29, 1.82) is 0 Å². The van der Waals surface area contributed by atoms with E-state index in [0.29, 0.717) is 29.1 Å². The minimum Gasteiger partial charge on any atom is -0.467 e. The van der Waals surface area contributed by atoms with Crippen molar-refractivity contribution < 1.29 is 30.8 Å². The Hall–Kier alpha value is -3.60. The fraction of sp³-hybridized carbons (Fsp3) is 0.182. The summed E-state index contributed by atoms with van der Waals surface area (Å²) in [5, 5.41) is 5.62. The molecule has 1 N–H and O–H groups in total. The Morgan fingerprint density at radius 2 is 1.76 bits per heavy atom. The lowest BCUT2D eigenvalue weighted by molar-refractivity contribution is -0.137. The predicted octanol–water partition coefficient (Wildman–Crippen LogP) is 4.66. The Morgan fingerprint density at radius 3 is 2.30 bits per heavy atom. The topological polar surface area (TPSA) is 92.0 Å². The van der Waals surface area contributed by atoms with Crippen LogP contribution < -0.4 is 4.72 Å². The van der Waals surface area contributed by atoms with E-state index in [2.05, 4.69) is 9.82 Å². The van der Waals surface area contributed by atoms with Gasteiger partial charge in [-0.05, 0) is 54.1 Å². The van der Waals surface area contributed by atoms with Crippen molar-refractivity contribution in [2.75, 3.05) is 11.0 Å². The van der Waals surface area contributed by atoms with Crippen LogP contribution in [-0.4, -0.2) is 31.3 Å². The predicted molar refractivity (Wildman–Crippen MR) is 115 cm³/mol. The summed E-state index contributed by atoms with van der Waals surface area (Å²) in [6.07, 6.45) is -1.70. The smallest absolute Gasteiger partial charge is 0.416 e. The molecular weight excluding hydrogens is 459 g/mol. The highest BCUT2D eigenvalue weighted by Gasteiger charge is 2.36. The SMILES string of the molecule is CS(=O)(=O)Nc1ccc(C2=NN(C(=O)c3ccc(C(F)(F)F)cc3)C(c3ccco3)C2)cc1. The van der Waals surface area contributed by atoms with Crippen molar-refractivity contribution in [3.63, 3.8) is 0 Å². The third kappa shape index (κ3) is 5.08. The lowest BCUT2D eigenvalue weighted by Gasteiger charge is -2.20. The molecule has 172 valence electrons. The number of nitrogens with one attached hydrogen (secondary N) is 1. The zero-order valence-corrected chi connectivity index (χ0v) is 18.0. The van der Waals surface area contributed by atoms with Crippen LogP contribution in [0.1, 0.15) is 39.7 Å². The Balaban J connectivity index is 1.63. The van der Waals surface area contributed by atoms with Crippen molar-refractivity contribution in [1.82, 2.24) is 5.01 Å². The van der Waals surface area contributed by atoms with Crippen molar-refractivity contribution in [3.8, 4) is 0 Å². The first-order chi connectivity index (χ1) is 15.5. The van der Waals surface area contributed by atoms with Crippen LogP contribution in [0, 0.1) is 0 Å². The molecule has 0 aliphatic carbocycles.